The van der Waals surface area contributed by atoms with Crippen molar-refractivity contribution in [1.82, 2.24) is 19.6 Å². The molecule has 0 aromatic heterocycles. The summed E-state index contributed by atoms with van der Waals surface area (Å²) >= 11 is 0. The minimum atomic E-state index is -1.09. The molecule has 1 heterocycles. The number of rotatable bonds is 14. The molecule has 11 heteroatoms. The monoisotopic (exact) mass is 536 g/mol. The number of hydrogen-bond donors (Lipinski definition) is 3. The summed E-state index contributed by atoms with van der Waals surface area (Å²) in [6, 6.07) is 7.87. The Morgan fingerprint density at radius 3 is 1.92 bits per heavy atom. The Kier molecular flexibility index (Phi) is 15.9. The summed E-state index contributed by atoms with van der Waals surface area (Å²) in [7, 11) is 0. The molecular formula is C27H44N4O7. The van der Waals surface area contributed by atoms with E-state index in [1.54, 1.807) is 9.80 Å². The van der Waals surface area contributed by atoms with Crippen LogP contribution in [-0.2, 0) is 25.6 Å². The van der Waals surface area contributed by atoms with Crippen molar-refractivity contribution in [2.24, 2.45) is 0 Å². The van der Waals surface area contributed by atoms with Gasteiger partial charge in [-0.25, -0.2) is 0 Å². The number of amides is 1. The van der Waals surface area contributed by atoms with Crippen LogP contribution in [0.25, 0.3) is 0 Å². The van der Waals surface area contributed by atoms with Crippen LogP contribution in [0.5, 0.6) is 0 Å². The van der Waals surface area contributed by atoms with Crippen LogP contribution in [0.1, 0.15) is 37.8 Å². The van der Waals surface area contributed by atoms with E-state index < -0.39 is 17.9 Å². The number of carboxylic acid groups (broad SMARTS) is 3. The Morgan fingerprint density at radius 2 is 1.39 bits per heavy atom. The highest BCUT2D eigenvalue weighted by Crippen LogP contribution is 2.15. The highest BCUT2D eigenvalue weighted by molar-refractivity contribution is 5.72. The Morgan fingerprint density at radius 1 is 0.868 bits per heavy atom. The fourth-order valence-electron chi connectivity index (χ4n) is 4.44. The molecule has 3 N–H and O–H groups in total. The predicted octanol–water partition coefficient (Wildman–Crippen LogP) is 1.34. The van der Waals surface area contributed by atoms with Crippen LogP contribution in [0, 0.1) is 6.92 Å². The Labute approximate surface area is 225 Å². The van der Waals surface area contributed by atoms with Crippen LogP contribution in [0.4, 0.5) is 0 Å². The van der Waals surface area contributed by atoms with Gasteiger partial charge in [0.25, 0.3) is 0 Å². The quantitative estimate of drug-likeness (QED) is 0.298. The minimum absolute atomic E-state index is 0.134. The number of benzene rings is 1. The molecule has 1 unspecified atom stereocenters. The average Bonchev–Trinajstić information content (AvgIpc) is 2.95. The van der Waals surface area contributed by atoms with Crippen molar-refractivity contribution >= 4 is 24.3 Å². The number of aryl methyl sites for hydroxylation is 2. The normalized spacial score (nSPS) is 15.9. The second kappa shape index (κ2) is 18.3. The maximum atomic E-state index is 11.5. The topological polar surface area (TPSA) is 142 Å². The number of nitrogens with zero attached hydrogens (tertiary/aromatic N) is 4. The zero-order valence-corrected chi connectivity index (χ0v) is 22.9. The van der Waals surface area contributed by atoms with E-state index in [-0.39, 0.29) is 25.7 Å². The van der Waals surface area contributed by atoms with Crippen molar-refractivity contribution in [3.8, 4) is 0 Å². The Bertz CT molecular complexity index is 849. The lowest BCUT2D eigenvalue weighted by Crippen LogP contribution is -2.50. The van der Waals surface area contributed by atoms with E-state index >= 15 is 0 Å². The third kappa shape index (κ3) is 13.5. The van der Waals surface area contributed by atoms with Crippen molar-refractivity contribution in [2.45, 2.75) is 46.1 Å². The molecule has 1 amide bonds. The standard InChI is InChI=1S/C25H38N4O7.C2H6/c1-20-5-7-21(8-6-20)3-2-4-22(29(17-24(33)34)18-25(35)36)15-26-9-10-27(16-23(31)32)12-14-28(19-30)13-11-26;1-2/h5-8,19,22H,2-4,9-18H2,1H3,(H,31,32)(H,33,34)(H,35,36);1-2H3. The van der Waals surface area contributed by atoms with Crippen LogP contribution in [-0.4, -0.2) is 131 Å². The molecule has 1 atom stereocenters. The molecule has 1 saturated heterocycles. The van der Waals surface area contributed by atoms with E-state index in [2.05, 4.69) is 17.0 Å². The number of carbonyl (C=O) groups excluding carboxylic acids is 1. The van der Waals surface area contributed by atoms with Crippen molar-refractivity contribution < 1.29 is 34.5 Å². The maximum Gasteiger partial charge on any atom is 0.317 e. The molecule has 1 aromatic carbocycles. The number of carboxylic acids is 3. The molecule has 0 aliphatic carbocycles. The molecule has 0 bridgehead atoms. The van der Waals surface area contributed by atoms with Gasteiger partial charge in [0.15, 0.2) is 0 Å². The highest BCUT2D eigenvalue weighted by Gasteiger charge is 2.26. The van der Waals surface area contributed by atoms with Crippen LogP contribution in [0.15, 0.2) is 24.3 Å². The number of hydrogen-bond acceptors (Lipinski definition) is 7. The van der Waals surface area contributed by atoms with Gasteiger partial charge in [-0.15, -0.1) is 0 Å². The lowest BCUT2D eigenvalue weighted by molar-refractivity contribution is -0.143. The molecule has 214 valence electrons. The van der Waals surface area contributed by atoms with Gasteiger partial charge in [-0.2, -0.15) is 0 Å². The van der Waals surface area contributed by atoms with Crippen LogP contribution in [0.2, 0.25) is 0 Å². The molecule has 1 aromatic rings. The largest absolute Gasteiger partial charge is 0.480 e. The zero-order chi connectivity index (χ0) is 28.5. The SMILES string of the molecule is CC.Cc1ccc(CCCC(CN2CCN(C=O)CCN(CC(=O)O)CC2)N(CC(=O)O)CC(=O)O)cc1. The molecule has 11 nitrogen and oxygen atoms in total. The molecule has 0 spiro atoms. The summed E-state index contributed by atoms with van der Waals surface area (Å²) in [4.78, 5) is 52.7. The van der Waals surface area contributed by atoms with Crippen LogP contribution in [0.3, 0.4) is 0 Å². The second-order valence-electron chi connectivity index (χ2n) is 9.34. The van der Waals surface area contributed by atoms with Crippen molar-refractivity contribution in [3.63, 3.8) is 0 Å². The fourth-order valence-corrected chi connectivity index (χ4v) is 4.44. The third-order valence-electron chi connectivity index (χ3n) is 6.43. The van der Waals surface area contributed by atoms with Gasteiger partial charge in [0, 0.05) is 51.9 Å². The van der Waals surface area contributed by atoms with Gasteiger partial charge in [-0.05, 0) is 31.7 Å². The molecule has 1 aliphatic rings. The van der Waals surface area contributed by atoms with Crippen molar-refractivity contribution in [1.29, 1.82) is 0 Å². The van der Waals surface area contributed by atoms with Crippen LogP contribution < -0.4 is 0 Å². The van der Waals surface area contributed by atoms with Gasteiger partial charge in [0.2, 0.25) is 6.41 Å². The second-order valence-corrected chi connectivity index (χ2v) is 9.34. The first-order valence-electron chi connectivity index (χ1n) is 13.2. The lowest BCUT2D eigenvalue weighted by atomic mass is 10.0. The van der Waals surface area contributed by atoms with E-state index in [1.165, 1.54) is 10.5 Å². The smallest absolute Gasteiger partial charge is 0.317 e. The molecule has 1 aliphatic heterocycles. The Balaban J connectivity index is 0.00000352. The number of aliphatic carboxylic acids is 3. The summed E-state index contributed by atoms with van der Waals surface area (Å²) in [6.45, 7) is 8.40. The summed E-state index contributed by atoms with van der Waals surface area (Å²) in [6.07, 6.45) is 2.89. The number of carbonyl (C=O) groups is 4. The summed E-state index contributed by atoms with van der Waals surface area (Å²) < 4.78 is 0. The van der Waals surface area contributed by atoms with Gasteiger partial charge in [-0.3, -0.25) is 33.9 Å². The van der Waals surface area contributed by atoms with E-state index in [9.17, 15) is 34.5 Å². The third-order valence-corrected chi connectivity index (χ3v) is 6.43. The molecular weight excluding hydrogens is 492 g/mol. The molecule has 0 radical (unpaired) electrons. The first kappa shape index (κ1) is 33.0. The fraction of sp³-hybridized carbons (Fsp3) is 0.630. The minimum Gasteiger partial charge on any atom is -0.480 e. The molecule has 1 fully saturated rings. The van der Waals surface area contributed by atoms with Gasteiger partial charge < -0.3 is 20.2 Å². The summed E-state index contributed by atoms with van der Waals surface area (Å²) in [5, 5.41) is 28.1. The van der Waals surface area contributed by atoms with Gasteiger partial charge in [-0.1, -0.05) is 43.7 Å². The Hall–Kier alpha value is -3.02. The van der Waals surface area contributed by atoms with Gasteiger partial charge >= 0.3 is 17.9 Å². The van der Waals surface area contributed by atoms with E-state index in [1.807, 2.05) is 32.9 Å². The summed E-state index contributed by atoms with van der Waals surface area (Å²) in [5.41, 5.74) is 2.33. The summed E-state index contributed by atoms with van der Waals surface area (Å²) in [5.74, 6) is -3.13. The van der Waals surface area contributed by atoms with Crippen molar-refractivity contribution in [3.05, 3.63) is 35.4 Å². The maximum absolute atomic E-state index is 11.5. The van der Waals surface area contributed by atoms with E-state index in [0.29, 0.717) is 52.2 Å². The zero-order valence-electron chi connectivity index (χ0n) is 22.9. The van der Waals surface area contributed by atoms with Crippen molar-refractivity contribution in [2.75, 3.05) is 65.4 Å². The first-order chi connectivity index (χ1) is 18.2. The van der Waals surface area contributed by atoms with E-state index in [4.69, 9.17) is 0 Å². The molecule has 38 heavy (non-hydrogen) atoms. The van der Waals surface area contributed by atoms with Gasteiger partial charge in [0.05, 0.1) is 19.6 Å². The molecule has 0 saturated carbocycles. The van der Waals surface area contributed by atoms with E-state index in [0.717, 1.165) is 24.8 Å². The highest BCUT2D eigenvalue weighted by atomic mass is 16.4. The van der Waals surface area contributed by atoms with Crippen LogP contribution >= 0.6 is 0 Å². The predicted molar refractivity (Wildman–Crippen MR) is 144 cm³/mol. The molecule has 2 rings (SSSR count). The first-order valence-corrected chi connectivity index (χ1v) is 13.2. The lowest BCUT2D eigenvalue weighted by Gasteiger charge is -2.34. The van der Waals surface area contributed by atoms with Gasteiger partial charge in [0.1, 0.15) is 0 Å². The average molecular weight is 537 g/mol.